The van der Waals surface area contributed by atoms with Crippen molar-refractivity contribution < 1.29 is 0 Å². The first-order valence-corrected chi connectivity index (χ1v) is 7.26. The first kappa shape index (κ1) is 14.1. The van der Waals surface area contributed by atoms with Gasteiger partial charge in [-0.25, -0.2) is 0 Å². The third-order valence-corrected chi connectivity index (χ3v) is 4.04. The average Bonchev–Trinajstić information content (AvgIpc) is 2.40. The molecule has 19 heavy (non-hydrogen) atoms. The van der Waals surface area contributed by atoms with Crippen molar-refractivity contribution in [3.05, 3.63) is 23.0 Å². The van der Waals surface area contributed by atoms with Crippen LogP contribution in [0.3, 0.4) is 0 Å². The molecule has 2 aliphatic rings. The van der Waals surface area contributed by atoms with Crippen LogP contribution in [-0.4, -0.2) is 36.4 Å². The van der Waals surface area contributed by atoms with Crippen molar-refractivity contribution in [1.29, 1.82) is 0 Å². The Bertz CT molecular complexity index is 408. The maximum Gasteiger partial charge on any atom is 0.0780 e. The molecule has 2 aliphatic heterocycles. The predicted octanol–water partition coefficient (Wildman–Crippen LogP) is 2.00. The van der Waals surface area contributed by atoms with Gasteiger partial charge >= 0.3 is 0 Å². The van der Waals surface area contributed by atoms with E-state index in [-0.39, 0.29) is 6.04 Å². The highest BCUT2D eigenvalue weighted by molar-refractivity contribution is 5.65. The molecule has 2 rings (SSSR count). The van der Waals surface area contributed by atoms with Gasteiger partial charge < -0.3 is 10.6 Å². The van der Waals surface area contributed by atoms with E-state index in [9.17, 15) is 0 Å². The second kappa shape index (κ2) is 6.24. The van der Waals surface area contributed by atoms with Crippen molar-refractivity contribution in [3.63, 3.8) is 0 Å². The molecule has 0 saturated heterocycles. The first-order chi connectivity index (χ1) is 9.13. The minimum absolute atomic E-state index is 0.289. The third kappa shape index (κ3) is 3.18. The molecule has 0 bridgehead atoms. The fraction of sp³-hybridized carbons (Fsp3) is 0.667. The third-order valence-electron chi connectivity index (χ3n) is 4.04. The minimum atomic E-state index is 0.289. The molecule has 2 atom stereocenters. The standard InChI is InChI=1S/C15H26N4/c1-4-5-12(3)19-9-11(2)15(18-10-19)13-6-7-17-8-14(13)16/h7,9,12,15,18H,4-6,8,10,16H2,1-3H3. The van der Waals surface area contributed by atoms with Crippen LogP contribution in [0.5, 0.6) is 0 Å². The van der Waals surface area contributed by atoms with Crippen molar-refractivity contribution in [2.75, 3.05) is 13.2 Å². The SMILES string of the molecule is CCCC(C)N1C=C(C)C(C2=C(N)CN=CC2)NC1. The van der Waals surface area contributed by atoms with Crippen LogP contribution in [0.2, 0.25) is 0 Å². The summed E-state index contributed by atoms with van der Waals surface area (Å²) in [6.45, 7) is 8.26. The lowest BCUT2D eigenvalue weighted by molar-refractivity contribution is 0.235. The molecule has 0 aromatic rings. The highest BCUT2D eigenvalue weighted by atomic mass is 15.3. The molecule has 0 spiro atoms. The molecular formula is C15H26N4. The normalized spacial score (nSPS) is 25.5. The van der Waals surface area contributed by atoms with Gasteiger partial charge in [-0.15, -0.1) is 0 Å². The number of rotatable bonds is 4. The molecular weight excluding hydrogens is 236 g/mol. The summed E-state index contributed by atoms with van der Waals surface area (Å²) in [4.78, 5) is 6.62. The van der Waals surface area contributed by atoms with Gasteiger partial charge in [0.05, 0.1) is 19.3 Å². The Morgan fingerprint density at radius 2 is 2.37 bits per heavy atom. The summed E-state index contributed by atoms with van der Waals surface area (Å²) >= 11 is 0. The fourth-order valence-corrected chi connectivity index (χ4v) is 2.87. The molecule has 0 aromatic heterocycles. The van der Waals surface area contributed by atoms with Crippen molar-refractivity contribution in [1.82, 2.24) is 10.2 Å². The summed E-state index contributed by atoms with van der Waals surface area (Å²) in [6.07, 6.45) is 7.61. The van der Waals surface area contributed by atoms with E-state index in [1.54, 1.807) is 0 Å². The monoisotopic (exact) mass is 262 g/mol. The smallest absolute Gasteiger partial charge is 0.0780 e. The van der Waals surface area contributed by atoms with Crippen LogP contribution >= 0.6 is 0 Å². The zero-order valence-electron chi connectivity index (χ0n) is 12.3. The zero-order chi connectivity index (χ0) is 13.8. The largest absolute Gasteiger partial charge is 0.400 e. The van der Waals surface area contributed by atoms with Gasteiger partial charge in [0.1, 0.15) is 0 Å². The zero-order valence-corrected chi connectivity index (χ0v) is 12.3. The fourth-order valence-electron chi connectivity index (χ4n) is 2.87. The Hall–Kier alpha value is -1.29. The summed E-state index contributed by atoms with van der Waals surface area (Å²) in [5.41, 5.74) is 9.68. The second-order valence-electron chi connectivity index (χ2n) is 5.60. The second-order valence-corrected chi connectivity index (χ2v) is 5.60. The van der Waals surface area contributed by atoms with Crippen molar-refractivity contribution in [2.24, 2.45) is 10.7 Å². The van der Waals surface area contributed by atoms with Gasteiger partial charge in [-0.1, -0.05) is 13.3 Å². The Labute approximate surface area is 116 Å². The molecule has 0 saturated carbocycles. The molecule has 0 aliphatic carbocycles. The van der Waals surface area contributed by atoms with Crippen molar-refractivity contribution >= 4 is 6.21 Å². The molecule has 4 heteroatoms. The van der Waals surface area contributed by atoms with Gasteiger partial charge in [0.25, 0.3) is 0 Å². The van der Waals surface area contributed by atoms with Gasteiger partial charge in [-0.3, -0.25) is 10.3 Å². The van der Waals surface area contributed by atoms with Gasteiger partial charge in [-0.2, -0.15) is 0 Å². The van der Waals surface area contributed by atoms with E-state index in [0.29, 0.717) is 12.6 Å². The highest BCUT2D eigenvalue weighted by Gasteiger charge is 2.25. The van der Waals surface area contributed by atoms with E-state index in [4.69, 9.17) is 5.73 Å². The van der Waals surface area contributed by atoms with Gasteiger partial charge in [0.2, 0.25) is 0 Å². The highest BCUT2D eigenvalue weighted by Crippen LogP contribution is 2.23. The number of hydrogen-bond acceptors (Lipinski definition) is 4. The number of nitrogens with zero attached hydrogens (tertiary/aromatic N) is 2. The Balaban J connectivity index is 2.09. The minimum Gasteiger partial charge on any atom is -0.400 e. The Kier molecular flexibility index (Phi) is 4.64. The molecule has 0 fully saturated rings. The summed E-state index contributed by atoms with van der Waals surface area (Å²) in [5.74, 6) is 0. The molecule has 2 heterocycles. The molecule has 4 nitrogen and oxygen atoms in total. The van der Waals surface area contributed by atoms with Crippen LogP contribution in [-0.2, 0) is 0 Å². The van der Waals surface area contributed by atoms with E-state index < -0.39 is 0 Å². The van der Waals surface area contributed by atoms with E-state index >= 15 is 0 Å². The predicted molar refractivity (Wildman–Crippen MR) is 80.9 cm³/mol. The van der Waals surface area contributed by atoms with Crippen molar-refractivity contribution in [3.8, 4) is 0 Å². The number of nitrogens with one attached hydrogen (secondary N) is 1. The lowest BCUT2D eigenvalue weighted by Gasteiger charge is -2.37. The molecule has 0 radical (unpaired) electrons. The van der Waals surface area contributed by atoms with Gasteiger partial charge in [0.15, 0.2) is 0 Å². The van der Waals surface area contributed by atoms with Crippen LogP contribution in [0.25, 0.3) is 0 Å². The quantitative estimate of drug-likeness (QED) is 0.815. The first-order valence-electron chi connectivity index (χ1n) is 7.26. The van der Waals surface area contributed by atoms with Crippen LogP contribution in [0.1, 0.15) is 40.0 Å². The van der Waals surface area contributed by atoms with Crippen LogP contribution < -0.4 is 11.1 Å². The molecule has 0 amide bonds. The van der Waals surface area contributed by atoms with E-state index in [2.05, 4.69) is 42.2 Å². The van der Waals surface area contributed by atoms with Crippen LogP contribution in [0, 0.1) is 0 Å². The van der Waals surface area contributed by atoms with E-state index in [1.807, 2.05) is 6.21 Å². The van der Waals surface area contributed by atoms with Crippen LogP contribution in [0.4, 0.5) is 0 Å². The number of nitrogens with two attached hydrogens (primary N) is 1. The Morgan fingerprint density at radius 1 is 1.58 bits per heavy atom. The maximum atomic E-state index is 6.10. The average molecular weight is 262 g/mol. The summed E-state index contributed by atoms with van der Waals surface area (Å²) in [5, 5.41) is 3.62. The number of hydrogen-bond donors (Lipinski definition) is 2. The van der Waals surface area contributed by atoms with Crippen molar-refractivity contribution in [2.45, 2.75) is 52.1 Å². The summed E-state index contributed by atoms with van der Waals surface area (Å²) in [7, 11) is 0. The summed E-state index contributed by atoms with van der Waals surface area (Å²) in [6, 6.07) is 0.879. The topological polar surface area (TPSA) is 53.6 Å². The Morgan fingerprint density at radius 3 is 3.00 bits per heavy atom. The maximum absolute atomic E-state index is 6.10. The lowest BCUT2D eigenvalue weighted by Crippen LogP contribution is -2.48. The number of dihydropyridines is 1. The summed E-state index contributed by atoms with van der Waals surface area (Å²) < 4.78 is 0. The molecule has 3 N–H and O–H groups in total. The molecule has 0 aromatic carbocycles. The molecule has 2 unspecified atom stereocenters. The van der Waals surface area contributed by atoms with Crippen LogP contribution in [0.15, 0.2) is 28.0 Å². The van der Waals surface area contributed by atoms with Gasteiger partial charge in [-0.05, 0) is 31.4 Å². The molecule has 106 valence electrons. The van der Waals surface area contributed by atoms with E-state index in [0.717, 1.165) is 18.8 Å². The lowest BCUT2D eigenvalue weighted by atomic mass is 9.93. The van der Waals surface area contributed by atoms with E-state index in [1.165, 1.54) is 24.0 Å². The number of aliphatic imine (C=N–C) groups is 1. The van der Waals surface area contributed by atoms with Gasteiger partial charge in [0, 0.05) is 30.6 Å².